The number of nitrogens with zero attached hydrogens (tertiary/aromatic N) is 2. The van der Waals surface area contributed by atoms with Gasteiger partial charge >= 0.3 is 5.91 Å². The van der Waals surface area contributed by atoms with Gasteiger partial charge in [-0.1, -0.05) is 35.9 Å². The van der Waals surface area contributed by atoms with Crippen LogP contribution in [0.2, 0.25) is 5.02 Å². The quantitative estimate of drug-likeness (QED) is 0.163. The van der Waals surface area contributed by atoms with E-state index in [2.05, 4.69) is 4.98 Å². The number of phenols is 1. The third kappa shape index (κ3) is 4.55. The van der Waals surface area contributed by atoms with Gasteiger partial charge in [0.05, 0.1) is 35.5 Å². The lowest BCUT2D eigenvalue weighted by Gasteiger charge is -2.23. The second-order valence-electron chi connectivity index (χ2n) is 8.58. The van der Waals surface area contributed by atoms with Crippen molar-refractivity contribution in [3.8, 4) is 17.2 Å². The Bertz CT molecular complexity index is 1580. The summed E-state index contributed by atoms with van der Waals surface area (Å²) in [6, 6.07) is 15.3. The number of carbonyl (C=O) groups is 2. The molecule has 0 aliphatic carbocycles. The molecule has 38 heavy (non-hydrogen) atoms. The number of ether oxygens (including phenoxy) is 2. The van der Waals surface area contributed by atoms with Crippen molar-refractivity contribution in [3.05, 3.63) is 82.4 Å². The summed E-state index contributed by atoms with van der Waals surface area (Å²) in [7, 11) is 1.40. The molecule has 1 amide bonds. The zero-order chi connectivity index (χ0) is 27.0. The normalized spacial score (nSPS) is 16.8. The maximum Gasteiger partial charge on any atom is 0.301 e. The molecule has 3 aromatic carbocycles. The number of aromatic hydroxyl groups is 1. The van der Waals surface area contributed by atoms with Gasteiger partial charge in [0, 0.05) is 10.6 Å². The number of fused-ring (bicyclic) bond motifs is 1. The molecular weight excluding hydrogens is 528 g/mol. The van der Waals surface area contributed by atoms with E-state index < -0.39 is 17.7 Å². The van der Waals surface area contributed by atoms with E-state index in [4.69, 9.17) is 21.1 Å². The minimum Gasteiger partial charge on any atom is -0.507 e. The maximum atomic E-state index is 13.4. The van der Waals surface area contributed by atoms with E-state index in [9.17, 15) is 19.8 Å². The van der Waals surface area contributed by atoms with Gasteiger partial charge in [0.2, 0.25) is 0 Å². The Kier molecular flexibility index (Phi) is 6.96. The number of phenolic OH excluding ortho intramolecular Hbond substituents is 1. The van der Waals surface area contributed by atoms with Gasteiger partial charge in [-0.25, -0.2) is 4.98 Å². The fourth-order valence-electron chi connectivity index (χ4n) is 4.28. The Morgan fingerprint density at radius 2 is 1.87 bits per heavy atom. The highest BCUT2D eigenvalue weighted by Gasteiger charge is 2.48. The molecule has 1 aromatic heterocycles. The second kappa shape index (κ2) is 10.4. The van der Waals surface area contributed by atoms with E-state index >= 15 is 0 Å². The lowest BCUT2D eigenvalue weighted by atomic mass is 9.95. The van der Waals surface area contributed by atoms with Gasteiger partial charge in [0.1, 0.15) is 11.5 Å². The van der Waals surface area contributed by atoms with E-state index in [1.54, 1.807) is 48.5 Å². The molecule has 0 spiro atoms. The molecule has 1 atom stereocenters. The number of anilines is 1. The average molecular weight is 551 g/mol. The summed E-state index contributed by atoms with van der Waals surface area (Å²) in [6.45, 7) is 2.55. The number of amides is 1. The molecule has 2 N–H and O–H groups in total. The molecule has 0 radical (unpaired) electrons. The molecule has 1 unspecified atom stereocenters. The summed E-state index contributed by atoms with van der Waals surface area (Å²) >= 11 is 7.34. The number of rotatable bonds is 7. The number of hydrogen-bond acceptors (Lipinski definition) is 8. The number of halogens is 1. The molecule has 0 saturated carbocycles. The first-order valence-electron chi connectivity index (χ1n) is 11.8. The number of benzene rings is 3. The van der Waals surface area contributed by atoms with E-state index in [1.165, 1.54) is 35.5 Å². The van der Waals surface area contributed by atoms with Gasteiger partial charge in [0.25, 0.3) is 5.78 Å². The van der Waals surface area contributed by atoms with Crippen molar-refractivity contribution in [2.24, 2.45) is 0 Å². The van der Waals surface area contributed by atoms with E-state index in [1.807, 2.05) is 6.92 Å². The first-order valence-corrected chi connectivity index (χ1v) is 13.0. The number of Topliss-reactive ketones (excluding diaryl/α,β-unsaturated/α-hetero) is 1. The number of aliphatic hydroxyl groups is 1. The fraction of sp³-hybridized carbons (Fsp3) is 0.179. The predicted octanol–water partition coefficient (Wildman–Crippen LogP) is 6.08. The topological polar surface area (TPSA) is 109 Å². The minimum absolute atomic E-state index is 0.106. The first kappa shape index (κ1) is 25.6. The largest absolute Gasteiger partial charge is 0.507 e. The molecule has 1 aliphatic rings. The van der Waals surface area contributed by atoms with Crippen molar-refractivity contribution < 1.29 is 29.3 Å². The molecule has 4 aromatic rings. The van der Waals surface area contributed by atoms with Crippen LogP contribution in [0.3, 0.4) is 0 Å². The van der Waals surface area contributed by atoms with E-state index in [0.29, 0.717) is 34.0 Å². The Balaban J connectivity index is 1.68. The smallest absolute Gasteiger partial charge is 0.301 e. The number of thiazole rings is 1. The van der Waals surface area contributed by atoms with E-state index in [0.717, 1.165) is 11.1 Å². The molecule has 1 aliphatic heterocycles. The highest BCUT2D eigenvalue weighted by Crippen LogP contribution is 2.46. The zero-order valence-electron chi connectivity index (χ0n) is 20.5. The van der Waals surface area contributed by atoms with Crippen LogP contribution in [0.1, 0.15) is 30.5 Å². The summed E-state index contributed by atoms with van der Waals surface area (Å²) in [5.74, 6) is -1.36. The molecular formula is C28H23ClN2O6S. The van der Waals surface area contributed by atoms with Crippen molar-refractivity contribution in [1.29, 1.82) is 0 Å². The van der Waals surface area contributed by atoms with E-state index in [-0.39, 0.29) is 28.0 Å². The van der Waals surface area contributed by atoms with Crippen LogP contribution >= 0.6 is 22.9 Å². The standard InChI is InChI=1S/C28H23ClN2O6S/c1-3-12-37-18-8-4-15(5-9-18)25(33)23-24(16-6-11-20(32)21(13-16)36-2)31(27(35)26(23)34)28-30-19-10-7-17(29)14-22(19)38-28/h4-11,13-14,24,32-33H,3,12H2,1-2H3/b25-23+. The number of hydrogen-bond donors (Lipinski definition) is 2. The summed E-state index contributed by atoms with van der Waals surface area (Å²) in [5, 5.41) is 22.3. The summed E-state index contributed by atoms with van der Waals surface area (Å²) in [4.78, 5) is 32.7. The van der Waals surface area contributed by atoms with Crippen molar-refractivity contribution >= 4 is 55.7 Å². The van der Waals surface area contributed by atoms with Gasteiger partial charge in [-0.05, 0) is 66.6 Å². The van der Waals surface area contributed by atoms with Gasteiger partial charge in [-0.2, -0.15) is 0 Å². The lowest BCUT2D eigenvalue weighted by Crippen LogP contribution is -2.29. The number of aromatic nitrogens is 1. The number of aliphatic hydroxyl groups excluding tert-OH is 1. The van der Waals surface area contributed by atoms with Crippen molar-refractivity contribution in [2.75, 3.05) is 18.6 Å². The Hall–Kier alpha value is -4.08. The number of ketones is 1. The summed E-state index contributed by atoms with van der Waals surface area (Å²) in [6.07, 6.45) is 0.846. The maximum absolute atomic E-state index is 13.4. The molecule has 0 bridgehead atoms. The Labute approximate surface area is 227 Å². The van der Waals surface area contributed by atoms with Crippen LogP contribution < -0.4 is 14.4 Å². The van der Waals surface area contributed by atoms with Crippen LogP contribution in [0.4, 0.5) is 5.13 Å². The van der Waals surface area contributed by atoms with Gasteiger partial charge < -0.3 is 19.7 Å². The van der Waals surface area contributed by atoms with Crippen LogP contribution in [-0.4, -0.2) is 40.6 Å². The second-order valence-corrected chi connectivity index (χ2v) is 10.0. The lowest BCUT2D eigenvalue weighted by molar-refractivity contribution is -0.132. The van der Waals surface area contributed by atoms with Crippen LogP contribution in [0.15, 0.2) is 66.2 Å². The summed E-state index contributed by atoms with van der Waals surface area (Å²) < 4.78 is 11.6. The SMILES string of the molecule is CCCOc1ccc(/C(O)=C2\C(=O)C(=O)N(c3nc4ccc(Cl)cc4s3)C2c2ccc(O)c(OC)c2)cc1. The highest BCUT2D eigenvalue weighted by atomic mass is 35.5. The third-order valence-corrected chi connectivity index (χ3v) is 7.36. The summed E-state index contributed by atoms with van der Waals surface area (Å²) in [5.41, 5.74) is 1.29. The van der Waals surface area contributed by atoms with Crippen molar-refractivity contribution in [2.45, 2.75) is 19.4 Å². The molecule has 10 heteroatoms. The number of carbonyl (C=O) groups excluding carboxylic acids is 2. The van der Waals surface area contributed by atoms with Crippen LogP contribution in [0.5, 0.6) is 17.2 Å². The minimum atomic E-state index is -1.03. The first-order chi connectivity index (χ1) is 18.3. The van der Waals surface area contributed by atoms with Gasteiger partial charge in [-0.15, -0.1) is 0 Å². The predicted molar refractivity (Wildman–Crippen MR) is 146 cm³/mol. The van der Waals surface area contributed by atoms with Crippen LogP contribution in [-0.2, 0) is 9.59 Å². The number of methoxy groups -OCH3 is 1. The van der Waals surface area contributed by atoms with Gasteiger partial charge in [0.15, 0.2) is 16.6 Å². The average Bonchev–Trinajstić information content (AvgIpc) is 3.45. The van der Waals surface area contributed by atoms with Crippen molar-refractivity contribution in [1.82, 2.24) is 4.98 Å². The molecule has 2 heterocycles. The fourth-order valence-corrected chi connectivity index (χ4v) is 5.55. The Morgan fingerprint density at radius 1 is 1.11 bits per heavy atom. The molecule has 8 nitrogen and oxygen atoms in total. The molecule has 1 saturated heterocycles. The zero-order valence-corrected chi connectivity index (χ0v) is 22.0. The molecule has 194 valence electrons. The Morgan fingerprint density at radius 3 is 2.58 bits per heavy atom. The third-order valence-electron chi connectivity index (χ3n) is 6.11. The van der Waals surface area contributed by atoms with Crippen LogP contribution in [0.25, 0.3) is 16.0 Å². The van der Waals surface area contributed by atoms with Crippen molar-refractivity contribution in [3.63, 3.8) is 0 Å². The molecule has 1 fully saturated rings. The van der Waals surface area contributed by atoms with Gasteiger partial charge in [-0.3, -0.25) is 14.5 Å². The monoisotopic (exact) mass is 550 g/mol. The molecule has 5 rings (SSSR count). The van der Waals surface area contributed by atoms with Crippen LogP contribution in [0, 0.1) is 0 Å². The highest BCUT2D eigenvalue weighted by molar-refractivity contribution is 7.22.